The van der Waals surface area contributed by atoms with Crippen LogP contribution in [0.15, 0.2) is 24.3 Å². The Morgan fingerprint density at radius 1 is 0.963 bits per heavy atom. The molecule has 0 saturated heterocycles. The zero-order valence-electron chi connectivity index (χ0n) is 16.5. The van der Waals surface area contributed by atoms with Gasteiger partial charge in [0, 0.05) is 30.3 Å². The molecule has 146 valence electrons. The number of benzene rings is 1. The Labute approximate surface area is 162 Å². The Balaban J connectivity index is 1.62. The summed E-state index contributed by atoms with van der Waals surface area (Å²) in [4.78, 5) is 5.05. The third-order valence-electron chi connectivity index (χ3n) is 6.50. The van der Waals surface area contributed by atoms with Gasteiger partial charge in [-0.05, 0) is 49.9 Å². The highest BCUT2D eigenvalue weighted by molar-refractivity contribution is 5.63. The summed E-state index contributed by atoms with van der Waals surface area (Å²) in [7, 11) is 2.17. The monoisotopic (exact) mass is 369 g/mol. The van der Waals surface area contributed by atoms with Crippen molar-refractivity contribution in [3.05, 3.63) is 41.6 Å². The maximum atomic E-state index is 13.4. The van der Waals surface area contributed by atoms with Crippen molar-refractivity contribution in [3.63, 3.8) is 0 Å². The Morgan fingerprint density at radius 2 is 1.59 bits per heavy atom. The van der Waals surface area contributed by atoms with Crippen LogP contribution in [0.2, 0.25) is 0 Å². The van der Waals surface area contributed by atoms with E-state index in [9.17, 15) is 4.39 Å². The Bertz CT molecular complexity index is 738. The van der Waals surface area contributed by atoms with E-state index in [4.69, 9.17) is 4.98 Å². The summed E-state index contributed by atoms with van der Waals surface area (Å²) in [5, 5.41) is 3.74. The van der Waals surface area contributed by atoms with Gasteiger partial charge in [-0.2, -0.15) is 0 Å². The number of imidazole rings is 1. The molecule has 4 heteroatoms. The highest BCUT2D eigenvalue weighted by atomic mass is 19.1. The van der Waals surface area contributed by atoms with Crippen molar-refractivity contribution in [2.75, 3.05) is 0 Å². The summed E-state index contributed by atoms with van der Waals surface area (Å²) in [6.45, 7) is 0.822. The molecule has 0 aliphatic heterocycles. The molecule has 27 heavy (non-hydrogen) atoms. The van der Waals surface area contributed by atoms with E-state index in [0.29, 0.717) is 12.0 Å². The molecule has 2 aliphatic carbocycles. The summed E-state index contributed by atoms with van der Waals surface area (Å²) in [5.74, 6) is 1.49. The SMILES string of the molecule is Cn1c(CNC2CCCCC2)nc(-c2ccc(F)cc2)c1C1CCCCC1. The van der Waals surface area contributed by atoms with Gasteiger partial charge < -0.3 is 9.88 Å². The highest BCUT2D eigenvalue weighted by Crippen LogP contribution is 2.38. The van der Waals surface area contributed by atoms with Crippen LogP contribution in [0.5, 0.6) is 0 Å². The minimum absolute atomic E-state index is 0.187. The first-order chi connectivity index (χ1) is 13.2. The van der Waals surface area contributed by atoms with E-state index in [1.54, 1.807) is 12.1 Å². The van der Waals surface area contributed by atoms with Gasteiger partial charge in [0.2, 0.25) is 0 Å². The molecule has 0 atom stereocenters. The maximum Gasteiger partial charge on any atom is 0.123 e. The molecule has 2 aliphatic rings. The molecule has 2 aromatic rings. The summed E-state index contributed by atoms with van der Waals surface area (Å²) in [6.07, 6.45) is 13.0. The smallest absolute Gasteiger partial charge is 0.123 e. The van der Waals surface area contributed by atoms with Gasteiger partial charge in [0.25, 0.3) is 0 Å². The van der Waals surface area contributed by atoms with Gasteiger partial charge in [-0.1, -0.05) is 38.5 Å². The zero-order chi connectivity index (χ0) is 18.6. The second-order valence-corrected chi connectivity index (χ2v) is 8.38. The van der Waals surface area contributed by atoms with Gasteiger partial charge in [0.1, 0.15) is 11.6 Å². The van der Waals surface area contributed by atoms with Crippen molar-refractivity contribution in [2.24, 2.45) is 7.05 Å². The van der Waals surface area contributed by atoms with Crippen LogP contribution in [0.4, 0.5) is 4.39 Å². The molecule has 4 rings (SSSR count). The van der Waals surface area contributed by atoms with Crippen LogP contribution in [0, 0.1) is 5.82 Å². The first-order valence-corrected chi connectivity index (χ1v) is 10.8. The summed E-state index contributed by atoms with van der Waals surface area (Å²) in [5.41, 5.74) is 3.45. The second kappa shape index (κ2) is 8.55. The average Bonchev–Trinajstić information content (AvgIpc) is 3.05. The fraction of sp³-hybridized carbons (Fsp3) is 0.609. The van der Waals surface area contributed by atoms with E-state index in [0.717, 1.165) is 23.6 Å². The number of nitrogens with zero attached hydrogens (tertiary/aromatic N) is 2. The van der Waals surface area contributed by atoms with Crippen LogP contribution in [-0.4, -0.2) is 15.6 Å². The van der Waals surface area contributed by atoms with Crippen molar-refractivity contribution in [2.45, 2.75) is 82.7 Å². The van der Waals surface area contributed by atoms with Crippen LogP contribution >= 0.6 is 0 Å². The van der Waals surface area contributed by atoms with Crippen LogP contribution in [0.1, 0.15) is 81.6 Å². The normalized spacial score (nSPS) is 19.5. The molecule has 1 N–H and O–H groups in total. The minimum atomic E-state index is -0.187. The predicted molar refractivity (Wildman–Crippen MR) is 108 cm³/mol. The first-order valence-electron chi connectivity index (χ1n) is 10.8. The van der Waals surface area contributed by atoms with Gasteiger partial charge in [-0.3, -0.25) is 0 Å². The summed E-state index contributed by atoms with van der Waals surface area (Å²) >= 11 is 0. The second-order valence-electron chi connectivity index (χ2n) is 8.38. The van der Waals surface area contributed by atoms with Crippen molar-refractivity contribution < 1.29 is 4.39 Å². The average molecular weight is 370 g/mol. The molecule has 2 saturated carbocycles. The molecule has 0 amide bonds. The lowest BCUT2D eigenvalue weighted by Gasteiger charge is -2.24. The number of nitrogens with one attached hydrogen (secondary N) is 1. The lowest BCUT2D eigenvalue weighted by Crippen LogP contribution is -2.31. The van der Waals surface area contributed by atoms with E-state index in [1.807, 2.05) is 12.1 Å². The van der Waals surface area contributed by atoms with E-state index in [2.05, 4.69) is 16.9 Å². The maximum absolute atomic E-state index is 13.4. The fourth-order valence-electron chi connectivity index (χ4n) is 4.92. The molecule has 1 aromatic carbocycles. The standard InChI is InChI=1S/C23H32FN3/c1-27-21(16-25-20-10-6-3-7-11-20)26-22(17-12-14-19(24)15-13-17)23(27)18-8-4-2-5-9-18/h12-15,18,20,25H,2-11,16H2,1H3. The van der Waals surface area contributed by atoms with Gasteiger partial charge in [0.05, 0.1) is 12.2 Å². The molecule has 2 fully saturated rings. The number of aromatic nitrogens is 2. The van der Waals surface area contributed by atoms with Crippen LogP contribution < -0.4 is 5.32 Å². The van der Waals surface area contributed by atoms with Crippen molar-refractivity contribution >= 4 is 0 Å². The molecule has 1 heterocycles. The van der Waals surface area contributed by atoms with Crippen LogP contribution in [0.25, 0.3) is 11.3 Å². The van der Waals surface area contributed by atoms with Gasteiger partial charge in [-0.25, -0.2) is 9.37 Å². The summed E-state index contributed by atoms with van der Waals surface area (Å²) < 4.78 is 15.8. The van der Waals surface area contributed by atoms with Crippen LogP contribution in [-0.2, 0) is 13.6 Å². The fourth-order valence-corrected chi connectivity index (χ4v) is 4.92. The quantitative estimate of drug-likeness (QED) is 0.733. The predicted octanol–water partition coefficient (Wildman–Crippen LogP) is 5.70. The Kier molecular flexibility index (Phi) is 5.92. The largest absolute Gasteiger partial charge is 0.333 e. The van der Waals surface area contributed by atoms with E-state index >= 15 is 0 Å². The first kappa shape index (κ1) is 18.7. The number of rotatable bonds is 5. The third kappa shape index (κ3) is 4.26. The molecule has 3 nitrogen and oxygen atoms in total. The van der Waals surface area contributed by atoms with E-state index in [-0.39, 0.29) is 5.82 Å². The highest BCUT2D eigenvalue weighted by Gasteiger charge is 2.25. The molecule has 0 unspecified atom stereocenters. The van der Waals surface area contributed by atoms with Gasteiger partial charge >= 0.3 is 0 Å². The molecular formula is C23H32FN3. The van der Waals surface area contributed by atoms with Crippen molar-refractivity contribution in [3.8, 4) is 11.3 Å². The van der Waals surface area contributed by atoms with Crippen molar-refractivity contribution in [1.82, 2.24) is 14.9 Å². The molecule has 0 bridgehead atoms. The van der Waals surface area contributed by atoms with Gasteiger partial charge in [0.15, 0.2) is 0 Å². The minimum Gasteiger partial charge on any atom is -0.333 e. The van der Waals surface area contributed by atoms with Gasteiger partial charge in [-0.15, -0.1) is 0 Å². The molecule has 1 aromatic heterocycles. The summed E-state index contributed by atoms with van der Waals surface area (Å²) in [6, 6.07) is 7.48. The zero-order valence-corrected chi connectivity index (χ0v) is 16.5. The van der Waals surface area contributed by atoms with E-state index in [1.165, 1.54) is 69.9 Å². The number of halogens is 1. The Hall–Kier alpha value is -1.68. The van der Waals surface area contributed by atoms with E-state index < -0.39 is 0 Å². The lowest BCUT2D eigenvalue weighted by atomic mass is 9.85. The lowest BCUT2D eigenvalue weighted by molar-refractivity contribution is 0.366. The molecule has 0 radical (unpaired) electrons. The Morgan fingerprint density at radius 3 is 2.26 bits per heavy atom. The third-order valence-corrected chi connectivity index (χ3v) is 6.50. The van der Waals surface area contributed by atoms with Crippen LogP contribution in [0.3, 0.4) is 0 Å². The molecular weight excluding hydrogens is 337 g/mol. The number of hydrogen-bond acceptors (Lipinski definition) is 2. The topological polar surface area (TPSA) is 29.9 Å². The van der Waals surface area contributed by atoms with Crippen molar-refractivity contribution in [1.29, 1.82) is 0 Å². The molecule has 0 spiro atoms. The number of hydrogen-bond donors (Lipinski definition) is 1.